The van der Waals surface area contributed by atoms with Crippen molar-refractivity contribution in [1.29, 1.82) is 0 Å². The molecule has 3 nitrogen and oxygen atoms in total. The predicted octanol–water partition coefficient (Wildman–Crippen LogP) is 2.55. The molecular formula is C9H5ClFNO2S. The first-order valence-electron chi connectivity index (χ1n) is 3.98. The number of rotatable bonds is 1. The van der Waals surface area contributed by atoms with E-state index in [2.05, 4.69) is 4.98 Å². The minimum absolute atomic E-state index is 0.276. The SMILES string of the molecule is O=S(=O)(F)c1ccc2cccc(Cl)c2n1. The van der Waals surface area contributed by atoms with Crippen molar-refractivity contribution in [2.75, 3.05) is 0 Å². The molecular weight excluding hydrogens is 241 g/mol. The maximum absolute atomic E-state index is 12.6. The zero-order valence-electron chi connectivity index (χ0n) is 7.31. The van der Waals surface area contributed by atoms with Crippen LogP contribution in [0.4, 0.5) is 3.89 Å². The third-order valence-electron chi connectivity index (χ3n) is 1.90. The number of para-hydroxylation sites is 1. The van der Waals surface area contributed by atoms with Gasteiger partial charge < -0.3 is 0 Å². The van der Waals surface area contributed by atoms with E-state index in [4.69, 9.17) is 11.6 Å². The van der Waals surface area contributed by atoms with Crippen LogP contribution in [-0.2, 0) is 10.2 Å². The molecule has 0 fully saturated rings. The van der Waals surface area contributed by atoms with E-state index in [1.165, 1.54) is 6.07 Å². The Morgan fingerprint density at radius 1 is 1.20 bits per heavy atom. The summed E-state index contributed by atoms with van der Waals surface area (Å²) >= 11 is 5.80. The molecule has 0 saturated heterocycles. The fraction of sp³-hybridized carbons (Fsp3) is 0. The Hall–Kier alpha value is -1.20. The molecule has 0 amide bonds. The van der Waals surface area contributed by atoms with Crippen LogP contribution in [0.25, 0.3) is 10.9 Å². The molecule has 0 aliphatic heterocycles. The Bertz CT molecular complexity index is 627. The number of hydrogen-bond acceptors (Lipinski definition) is 3. The minimum Gasteiger partial charge on any atom is -0.232 e. The van der Waals surface area contributed by atoms with E-state index >= 15 is 0 Å². The lowest BCUT2D eigenvalue weighted by Gasteiger charge is -2.00. The summed E-state index contributed by atoms with van der Waals surface area (Å²) in [6, 6.07) is 7.54. The second-order valence-corrected chi connectivity index (χ2v) is 4.60. The van der Waals surface area contributed by atoms with E-state index in [-0.39, 0.29) is 10.5 Å². The van der Waals surface area contributed by atoms with Crippen LogP contribution in [0.5, 0.6) is 0 Å². The number of fused-ring (bicyclic) bond motifs is 1. The summed E-state index contributed by atoms with van der Waals surface area (Å²) in [5, 5.41) is 0.330. The number of pyridine rings is 1. The van der Waals surface area contributed by atoms with E-state index in [1.807, 2.05) is 0 Å². The summed E-state index contributed by atoms with van der Waals surface area (Å²) in [5.41, 5.74) is 0.276. The zero-order chi connectivity index (χ0) is 11.1. The maximum Gasteiger partial charge on any atom is 0.349 e. The molecule has 6 heteroatoms. The molecule has 0 aliphatic carbocycles. The molecule has 0 N–H and O–H groups in total. The summed E-state index contributed by atoms with van der Waals surface area (Å²) in [7, 11) is -4.78. The van der Waals surface area contributed by atoms with Gasteiger partial charge in [0.05, 0.1) is 10.5 Å². The van der Waals surface area contributed by atoms with Crippen molar-refractivity contribution in [3.63, 3.8) is 0 Å². The van der Waals surface area contributed by atoms with Crippen LogP contribution in [0.2, 0.25) is 5.02 Å². The molecule has 0 bridgehead atoms. The second kappa shape index (κ2) is 3.43. The van der Waals surface area contributed by atoms with Crippen LogP contribution in [0.3, 0.4) is 0 Å². The van der Waals surface area contributed by atoms with Gasteiger partial charge in [0.2, 0.25) is 0 Å². The molecule has 78 valence electrons. The topological polar surface area (TPSA) is 47.0 Å². The fourth-order valence-corrected chi connectivity index (χ4v) is 1.88. The molecule has 2 aromatic rings. The fourth-order valence-electron chi connectivity index (χ4n) is 1.23. The molecule has 0 aliphatic rings. The van der Waals surface area contributed by atoms with Crippen LogP contribution < -0.4 is 0 Å². The molecule has 0 radical (unpaired) electrons. The van der Waals surface area contributed by atoms with Crippen LogP contribution in [-0.4, -0.2) is 13.4 Å². The Balaban J connectivity index is 2.81. The predicted molar refractivity (Wildman–Crippen MR) is 55.0 cm³/mol. The smallest absolute Gasteiger partial charge is 0.232 e. The van der Waals surface area contributed by atoms with Gasteiger partial charge in [-0.1, -0.05) is 27.6 Å². The van der Waals surface area contributed by atoms with E-state index in [1.54, 1.807) is 18.2 Å². The number of benzene rings is 1. The van der Waals surface area contributed by atoms with E-state index in [0.29, 0.717) is 5.39 Å². The van der Waals surface area contributed by atoms with E-state index in [9.17, 15) is 12.3 Å². The highest BCUT2D eigenvalue weighted by atomic mass is 35.5. The lowest BCUT2D eigenvalue weighted by molar-refractivity contribution is 0.548. The van der Waals surface area contributed by atoms with Gasteiger partial charge in [-0.05, 0) is 18.2 Å². The quantitative estimate of drug-likeness (QED) is 0.726. The maximum atomic E-state index is 12.6. The van der Waals surface area contributed by atoms with Gasteiger partial charge in [0.1, 0.15) is 0 Å². The molecule has 1 aromatic carbocycles. The summed E-state index contributed by atoms with van der Waals surface area (Å²) < 4.78 is 33.9. The molecule has 0 unspecified atom stereocenters. The van der Waals surface area contributed by atoms with Gasteiger partial charge in [-0.25, -0.2) is 4.98 Å². The van der Waals surface area contributed by atoms with Crippen molar-refractivity contribution < 1.29 is 12.3 Å². The number of aromatic nitrogens is 1. The Morgan fingerprint density at radius 2 is 1.93 bits per heavy atom. The van der Waals surface area contributed by atoms with Crippen molar-refractivity contribution >= 4 is 32.7 Å². The molecule has 1 aromatic heterocycles. The molecule has 1 heterocycles. The first-order chi connectivity index (χ1) is 6.98. The van der Waals surface area contributed by atoms with Crippen LogP contribution in [0.15, 0.2) is 35.4 Å². The Labute approximate surface area is 90.7 Å². The van der Waals surface area contributed by atoms with Crippen LogP contribution in [0, 0.1) is 0 Å². The van der Waals surface area contributed by atoms with Gasteiger partial charge in [-0.3, -0.25) is 0 Å². The van der Waals surface area contributed by atoms with Gasteiger partial charge >= 0.3 is 10.2 Å². The number of hydrogen-bond donors (Lipinski definition) is 0. The van der Waals surface area contributed by atoms with E-state index < -0.39 is 15.2 Å². The highest BCUT2D eigenvalue weighted by Crippen LogP contribution is 2.23. The standard InChI is InChI=1S/C9H5ClFNO2S/c10-7-3-1-2-6-4-5-8(12-9(6)7)15(11,13)14/h1-5H. The lowest BCUT2D eigenvalue weighted by atomic mass is 10.2. The lowest BCUT2D eigenvalue weighted by Crippen LogP contribution is -1.96. The highest BCUT2D eigenvalue weighted by molar-refractivity contribution is 7.86. The number of halogens is 2. The van der Waals surface area contributed by atoms with Crippen molar-refractivity contribution in [2.24, 2.45) is 0 Å². The monoisotopic (exact) mass is 245 g/mol. The summed E-state index contributed by atoms with van der Waals surface area (Å²) in [5.74, 6) is 0. The molecule has 0 spiro atoms. The van der Waals surface area contributed by atoms with Crippen molar-refractivity contribution in [3.05, 3.63) is 35.4 Å². The third-order valence-corrected chi connectivity index (χ3v) is 2.93. The van der Waals surface area contributed by atoms with Gasteiger partial charge in [0.25, 0.3) is 0 Å². The van der Waals surface area contributed by atoms with Crippen LogP contribution >= 0.6 is 11.6 Å². The highest BCUT2D eigenvalue weighted by Gasteiger charge is 2.14. The zero-order valence-corrected chi connectivity index (χ0v) is 8.89. The molecule has 15 heavy (non-hydrogen) atoms. The largest absolute Gasteiger partial charge is 0.349 e. The van der Waals surface area contributed by atoms with Crippen molar-refractivity contribution in [2.45, 2.75) is 5.03 Å². The van der Waals surface area contributed by atoms with Gasteiger partial charge in [0, 0.05) is 5.39 Å². The van der Waals surface area contributed by atoms with Crippen molar-refractivity contribution in [1.82, 2.24) is 4.98 Å². The second-order valence-electron chi connectivity index (χ2n) is 2.90. The average Bonchev–Trinajstić information content (AvgIpc) is 2.16. The summed E-state index contributed by atoms with van der Waals surface area (Å²) in [6.45, 7) is 0. The van der Waals surface area contributed by atoms with Crippen LogP contribution in [0.1, 0.15) is 0 Å². The number of nitrogens with zero attached hydrogens (tertiary/aromatic N) is 1. The van der Waals surface area contributed by atoms with Gasteiger partial charge in [0.15, 0.2) is 5.03 Å². The summed E-state index contributed by atoms with van der Waals surface area (Å²) in [4.78, 5) is 3.65. The third kappa shape index (κ3) is 1.93. The first kappa shape index (κ1) is 10.3. The molecule has 0 saturated carbocycles. The van der Waals surface area contributed by atoms with Gasteiger partial charge in [-0.15, -0.1) is 0 Å². The molecule has 0 atom stereocenters. The molecule has 2 rings (SSSR count). The average molecular weight is 246 g/mol. The van der Waals surface area contributed by atoms with E-state index in [0.717, 1.165) is 6.07 Å². The Morgan fingerprint density at radius 3 is 2.60 bits per heavy atom. The minimum atomic E-state index is -4.78. The van der Waals surface area contributed by atoms with Crippen molar-refractivity contribution in [3.8, 4) is 0 Å². The first-order valence-corrected chi connectivity index (χ1v) is 5.74. The van der Waals surface area contributed by atoms with Gasteiger partial charge in [-0.2, -0.15) is 8.42 Å². The normalized spacial score (nSPS) is 11.9. The summed E-state index contributed by atoms with van der Waals surface area (Å²) in [6.07, 6.45) is 0. The Kier molecular flexibility index (Phi) is 2.36.